The van der Waals surface area contributed by atoms with Crippen LogP contribution in [0.5, 0.6) is 11.5 Å². The molecule has 1 atom stereocenters. The van der Waals surface area contributed by atoms with Gasteiger partial charge in [-0.2, -0.15) is 0 Å². The van der Waals surface area contributed by atoms with Crippen LogP contribution in [0.4, 0.5) is 15.3 Å². The van der Waals surface area contributed by atoms with Crippen molar-refractivity contribution in [3.63, 3.8) is 0 Å². The molecule has 184 valence electrons. The molecule has 3 aliphatic heterocycles. The Hall–Kier alpha value is -3.42. The average molecular weight is 478 g/mol. The van der Waals surface area contributed by atoms with Crippen molar-refractivity contribution >= 4 is 17.8 Å². The molecule has 2 aromatic rings. The fraction of sp³-hybridized carbons (Fsp3) is 0.481. The van der Waals surface area contributed by atoms with E-state index in [9.17, 15) is 9.59 Å². The van der Waals surface area contributed by atoms with E-state index in [1.54, 1.807) is 4.90 Å². The number of cyclic esters (lactones) is 1. The van der Waals surface area contributed by atoms with Gasteiger partial charge in [0.2, 0.25) is 0 Å². The summed E-state index contributed by atoms with van der Waals surface area (Å²) in [7, 11) is 0. The molecule has 1 saturated heterocycles. The second kappa shape index (κ2) is 8.66. The van der Waals surface area contributed by atoms with Crippen molar-refractivity contribution in [2.75, 3.05) is 38.2 Å². The number of urea groups is 1. The summed E-state index contributed by atoms with van der Waals surface area (Å²) >= 11 is 0. The van der Waals surface area contributed by atoms with Crippen LogP contribution >= 0.6 is 0 Å². The molecule has 1 unspecified atom stereocenters. The van der Waals surface area contributed by atoms with Gasteiger partial charge in [-0.1, -0.05) is 25.0 Å². The predicted octanol–water partition coefficient (Wildman–Crippen LogP) is 4.83. The zero-order chi connectivity index (χ0) is 24.0. The largest absolute Gasteiger partial charge is 0.486 e. The van der Waals surface area contributed by atoms with Gasteiger partial charge in [-0.05, 0) is 60.7 Å². The zero-order valence-corrected chi connectivity index (χ0v) is 20.0. The molecule has 4 aliphatic rings. The molecule has 0 radical (unpaired) electrons. The summed E-state index contributed by atoms with van der Waals surface area (Å²) in [6, 6.07) is 11.8. The topological polar surface area (TPSA) is 80.3 Å². The van der Waals surface area contributed by atoms with Gasteiger partial charge in [0.15, 0.2) is 11.5 Å². The van der Waals surface area contributed by atoms with Crippen LogP contribution in [0.3, 0.4) is 0 Å². The molecule has 1 saturated carbocycles. The Morgan fingerprint density at radius 2 is 1.74 bits per heavy atom. The Labute approximate surface area is 205 Å². The maximum atomic E-state index is 13.5. The minimum absolute atomic E-state index is 0.0385. The lowest BCUT2D eigenvalue weighted by molar-refractivity contribution is 0.149. The van der Waals surface area contributed by atoms with Crippen LogP contribution in [0, 0.1) is 0 Å². The van der Waals surface area contributed by atoms with Gasteiger partial charge in [-0.3, -0.25) is 0 Å². The van der Waals surface area contributed by atoms with Crippen molar-refractivity contribution in [1.82, 2.24) is 9.80 Å². The highest BCUT2D eigenvalue weighted by atomic mass is 16.6. The van der Waals surface area contributed by atoms with Gasteiger partial charge < -0.3 is 29.3 Å². The van der Waals surface area contributed by atoms with E-state index in [4.69, 9.17) is 14.2 Å². The van der Waals surface area contributed by atoms with Gasteiger partial charge >= 0.3 is 12.1 Å². The minimum atomic E-state index is -0.277. The Morgan fingerprint density at radius 3 is 2.43 bits per heavy atom. The van der Waals surface area contributed by atoms with Crippen molar-refractivity contribution in [2.24, 2.45) is 0 Å². The first kappa shape index (κ1) is 22.1. The fourth-order valence-corrected chi connectivity index (χ4v) is 6.03. The van der Waals surface area contributed by atoms with E-state index in [0.29, 0.717) is 39.5 Å². The van der Waals surface area contributed by atoms with Gasteiger partial charge in [0.05, 0.1) is 12.6 Å². The number of nitrogens with zero attached hydrogens (tertiary/aromatic N) is 2. The Kier molecular flexibility index (Phi) is 5.46. The van der Waals surface area contributed by atoms with Crippen molar-refractivity contribution < 1.29 is 23.8 Å². The number of rotatable bonds is 3. The second-order valence-corrected chi connectivity index (χ2v) is 10.0. The second-order valence-electron chi connectivity index (χ2n) is 10.0. The molecular formula is C27H31N3O5. The highest BCUT2D eigenvalue weighted by Crippen LogP contribution is 2.52. The fourth-order valence-electron chi connectivity index (χ4n) is 6.03. The van der Waals surface area contributed by atoms with E-state index < -0.39 is 0 Å². The molecule has 6 rings (SSSR count). The Bertz CT molecular complexity index is 1140. The Balaban J connectivity index is 1.22. The van der Waals surface area contributed by atoms with E-state index in [1.807, 2.05) is 29.2 Å². The number of ether oxygens (including phenoxy) is 3. The van der Waals surface area contributed by atoms with E-state index in [0.717, 1.165) is 41.2 Å². The normalized spacial score (nSPS) is 22.2. The Morgan fingerprint density at radius 1 is 1.03 bits per heavy atom. The quantitative estimate of drug-likeness (QED) is 0.685. The lowest BCUT2D eigenvalue weighted by atomic mass is 9.71. The molecule has 3 heterocycles. The van der Waals surface area contributed by atoms with Crippen molar-refractivity contribution in [1.29, 1.82) is 0 Å². The van der Waals surface area contributed by atoms with Crippen LogP contribution in [-0.2, 0) is 16.7 Å². The third-order valence-electron chi connectivity index (χ3n) is 7.92. The van der Waals surface area contributed by atoms with E-state index >= 15 is 0 Å². The van der Waals surface area contributed by atoms with Crippen molar-refractivity contribution in [3.8, 4) is 11.5 Å². The third-order valence-corrected chi connectivity index (χ3v) is 7.92. The van der Waals surface area contributed by atoms with E-state index in [1.165, 1.54) is 18.4 Å². The van der Waals surface area contributed by atoms with Crippen LogP contribution in [0.25, 0.3) is 0 Å². The summed E-state index contributed by atoms with van der Waals surface area (Å²) in [5.74, 6) is 1.60. The van der Waals surface area contributed by atoms with Crippen LogP contribution < -0.4 is 14.8 Å². The number of hydrogen-bond donors (Lipinski definition) is 1. The molecule has 0 aromatic heterocycles. The van der Waals surface area contributed by atoms with Crippen LogP contribution in [-0.4, -0.2) is 54.8 Å². The molecule has 0 bridgehead atoms. The number of nitrogens with one attached hydrogen (secondary N) is 1. The molecule has 8 heteroatoms. The molecule has 1 aliphatic carbocycles. The number of amides is 3. The summed E-state index contributed by atoms with van der Waals surface area (Å²) in [5.41, 5.74) is 4.18. The molecule has 1 spiro atoms. The third kappa shape index (κ3) is 3.94. The number of carbonyl (C=O) groups excluding carboxylic acids is 2. The first-order valence-corrected chi connectivity index (χ1v) is 12.5. The number of anilines is 1. The van der Waals surface area contributed by atoms with Crippen molar-refractivity contribution in [3.05, 3.63) is 53.1 Å². The van der Waals surface area contributed by atoms with Gasteiger partial charge in [-0.15, -0.1) is 0 Å². The maximum Gasteiger partial charge on any atom is 0.410 e. The lowest BCUT2D eigenvalue weighted by Crippen LogP contribution is -2.50. The smallest absolute Gasteiger partial charge is 0.410 e. The average Bonchev–Trinajstić information content (AvgIpc) is 3.51. The van der Waals surface area contributed by atoms with E-state index in [2.05, 4.69) is 24.4 Å². The van der Waals surface area contributed by atoms with E-state index in [-0.39, 0.29) is 23.6 Å². The number of hydrogen-bond acceptors (Lipinski definition) is 5. The first-order valence-electron chi connectivity index (χ1n) is 12.5. The number of carbonyl (C=O) groups is 2. The number of fused-ring (bicyclic) bond motifs is 3. The zero-order valence-electron chi connectivity index (χ0n) is 20.0. The molecular weight excluding hydrogens is 446 g/mol. The molecule has 8 nitrogen and oxygen atoms in total. The highest BCUT2D eigenvalue weighted by Gasteiger charge is 2.46. The molecule has 2 fully saturated rings. The standard InChI is InChI=1S/C27H31N3O5/c1-18-21-14-23-24(34-13-12-33-23)15-22(21)27(8-2-3-9-27)17-30(18)25(31)28-20-6-4-19(5-7-20)16-29-10-11-35-26(29)32/h4-7,14-15,18H,2-3,8-13,16-17H2,1H3,(H,28,31). The van der Waals surface area contributed by atoms with Crippen LogP contribution in [0.15, 0.2) is 36.4 Å². The van der Waals surface area contributed by atoms with Crippen LogP contribution in [0.2, 0.25) is 0 Å². The summed E-state index contributed by atoms with van der Waals surface area (Å²) in [6.07, 6.45) is 4.21. The predicted molar refractivity (Wildman–Crippen MR) is 130 cm³/mol. The summed E-state index contributed by atoms with van der Waals surface area (Å²) in [4.78, 5) is 28.9. The number of benzene rings is 2. The van der Waals surface area contributed by atoms with Crippen LogP contribution in [0.1, 0.15) is 55.3 Å². The van der Waals surface area contributed by atoms with Crippen molar-refractivity contribution in [2.45, 2.75) is 50.6 Å². The monoisotopic (exact) mass is 477 g/mol. The summed E-state index contributed by atoms with van der Waals surface area (Å²) < 4.78 is 16.8. The van der Waals surface area contributed by atoms with Gasteiger partial charge in [-0.25, -0.2) is 9.59 Å². The summed E-state index contributed by atoms with van der Waals surface area (Å²) in [6.45, 7) is 5.46. The van der Waals surface area contributed by atoms with Gasteiger partial charge in [0.1, 0.15) is 19.8 Å². The van der Waals surface area contributed by atoms with Gasteiger partial charge in [0.25, 0.3) is 0 Å². The first-order chi connectivity index (χ1) is 17.0. The summed E-state index contributed by atoms with van der Waals surface area (Å²) in [5, 5.41) is 3.10. The lowest BCUT2D eigenvalue weighted by Gasteiger charge is -2.46. The SMILES string of the molecule is CC1c2cc3c(cc2C2(CCCC2)CN1C(=O)Nc1ccc(CN2CCOC2=O)cc1)OCCO3. The molecule has 35 heavy (non-hydrogen) atoms. The molecule has 3 amide bonds. The highest BCUT2D eigenvalue weighted by molar-refractivity contribution is 5.90. The molecule has 2 aromatic carbocycles. The molecule has 1 N–H and O–H groups in total. The van der Waals surface area contributed by atoms with Gasteiger partial charge in [0, 0.05) is 24.2 Å². The minimum Gasteiger partial charge on any atom is -0.486 e. The maximum absolute atomic E-state index is 13.5.